The summed E-state index contributed by atoms with van der Waals surface area (Å²) in [6.07, 6.45) is 1.86. The van der Waals surface area contributed by atoms with E-state index in [1.165, 1.54) is 11.1 Å². The third-order valence-corrected chi connectivity index (χ3v) is 3.36. The summed E-state index contributed by atoms with van der Waals surface area (Å²) >= 11 is 0. The number of amidine groups is 1. The number of aliphatic imine (C=N–C) groups is 2. The number of nitrogens with zero attached hydrogens (tertiary/aromatic N) is 2. The molecule has 1 N–H and O–H groups in total. The van der Waals surface area contributed by atoms with Crippen molar-refractivity contribution in [2.75, 3.05) is 13.1 Å². The van der Waals surface area contributed by atoms with Gasteiger partial charge >= 0.3 is 0 Å². The van der Waals surface area contributed by atoms with E-state index in [0.717, 1.165) is 24.6 Å². The van der Waals surface area contributed by atoms with Crippen molar-refractivity contribution in [2.45, 2.75) is 39.5 Å². The molecule has 0 unspecified atom stereocenters. The van der Waals surface area contributed by atoms with E-state index in [0.29, 0.717) is 11.8 Å². The molecule has 3 heteroatoms. The van der Waals surface area contributed by atoms with Crippen molar-refractivity contribution >= 4 is 17.7 Å². The molecular weight excluding hydrogens is 234 g/mol. The Kier molecular flexibility index (Phi) is 4.35. The van der Waals surface area contributed by atoms with Gasteiger partial charge in [0.25, 0.3) is 0 Å². The van der Waals surface area contributed by atoms with E-state index in [9.17, 15) is 0 Å². The normalized spacial score (nSPS) is 15.4. The second kappa shape index (κ2) is 6.00. The molecule has 0 aliphatic carbocycles. The Morgan fingerprint density at radius 2 is 1.79 bits per heavy atom. The van der Waals surface area contributed by atoms with Gasteiger partial charge in [-0.2, -0.15) is 0 Å². The van der Waals surface area contributed by atoms with Crippen LogP contribution >= 0.6 is 0 Å². The first kappa shape index (κ1) is 13.8. The highest BCUT2D eigenvalue weighted by molar-refractivity contribution is 6.30. The quantitative estimate of drug-likeness (QED) is 0.821. The number of hydrogen-bond donors (Lipinski definition) is 1. The van der Waals surface area contributed by atoms with Gasteiger partial charge in [0.1, 0.15) is 5.84 Å². The number of para-hydroxylation sites is 1. The first-order chi connectivity index (χ1) is 9.09. The van der Waals surface area contributed by atoms with Crippen LogP contribution in [0.15, 0.2) is 28.2 Å². The molecule has 3 nitrogen and oxygen atoms in total. The molecule has 0 spiro atoms. The molecule has 1 aromatic carbocycles. The molecule has 0 saturated carbocycles. The molecular formula is C16H23N3. The summed E-state index contributed by atoms with van der Waals surface area (Å²) < 4.78 is 0. The molecule has 1 aliphatic heterocycles. The van der Waals surface area contributed by atoms with Crippen LogP contribution in [0.4, 0.5) is 5.69 Å². The van der Waals surface area contributed by atoms with Gasteiger partial charge in [-0.1, -0.05) is 45.9 Å². The van der Waals surface area contributed by atoms with E-state index in [-0.39, 0.29) is 0 Å². The molecule has 0 radical (unpaired) electrons. The molecule has 102 valence electrons. The average molecular weight is 257 g/mol. The van der Waals surface area contributed by atoms with Gasteiger partial charge in [-0.15, -0.1) is 0 Å². The smallest absolute Gasteiger partial charge is 0.139 e. The number of benzene rings is 1. The molecule has 0 saturated heterocycles. The highest BCUT2D eigenvalue weighted by atomic mass is 15.1. The summed E-state index contributed by atoms with van der Waals surface area (Å²) in [4.78, 5) is 9.07. The van der Waals surface area contributed by atoms with Crippen LogP contribution in [0.1, 0.15) is 50.7 Å². The van der Waals surface area contributed by atoms with Crippen molar-refractivity contribution in [1.82, 2.24) is 5.32 Å². The van der Waals surface area contributed by atoms with Crippen molar-refractivity contribution in [2.24, 2.45) is 9.98 Å². The van der Waals surface area contributed by atoms with Crippen LogP contribution in [0.5, 0.6) is 0 Å². The van der Waals surface area contributed by atoms with Crippen LogP contribution in [0.2, 0.25) is 0 Å². The third-order valence-electron chi connectivity index (χ3n) is 3.36. The first-order valence-corrected chi connectivity index (χ1v) is 7.04. The van der Waals surface area contributed by atoms with E-state index in [1.54, 1.807) is 0 Å². The van der Waals surface area contributed by atoms with Crippen molar-refractivity contribution in [3.05, 3.63) is 29.3 Å². The van der Waals surface area contributed by atoms with Crippen molar-refractivity contribution < 1.29 is 0 Å². The van der Waals surface area contributed by atoms with Crippen molar-refractivity contribution in [1.29, 1.82) is 0 Å². The molecule has 1 aliphatic rings. The Morgan fingerprint density at radius 3 is 2.26 bits per heavy atom. The fourth-order valence-electron chi connectivity index (χ4n) is 2.29. The van der Waals surface area contributed by atoms with Gasteiger partial charge in [0.05, 0.1) is 18.4 Å². The summed E-state index contributed by atoms with van der Waals surface area (Å²) in [7, 11) is 0. The maximum Gasteiger partial charge on any atom is 0.139 e. The lowest BCUT2D eigenvalue weighted by Crippen LogP contribution is -2.19. The zero-order valence-corrected chi connectivity index (χ0v) is 12.3. The highest BCUT2D eigenvalue weighted by Gasteiger charge is 2.13. The number of hydrogen-bond acceptors (Lipinski definition) is 3. The average Bonchev–Trinajstić information content (AvgIpc) is 2.88. The molecule has 0 bridgehead atoms. The van der Waals surface area contributed by atoms with Crippen LogP contribution in [0, 0.1) is 0 Å². The summed E-state index contributed by atoms with van der Waals surface area (Å²) in [5.41, 5.74) is 3.73. The van der Waals surface area contributed by atoms with Crippen LogP contribution in [-0.4, -0.2) is 25.1 Å². The second-order valence-electron chi connectivity index (χ2n) is 5.55. The Bertz CT molecular complexity index is 472. The van der Waals surface area contributed by atoms with Crippen LogP contribution in [0.3, 0.4) is 0 Å². The lowest BCUT2D eigenvalue weighted by atomic mass is 9.93. The van der Waals surface area contributed by atoms with Gasteiger partial charge in [-0.3, -0.25) is 9.98 Å². The standard InChI is InChI=1S/C16H23N3/c1-11(2)13-6-5-7-14(12(3)4)16(13)19-10-15-17-8-9-18-15/h5-7,10-12H,8-9H2,1-4H3,(H,17,18). The van der Waals surface area contributed by atoms with Gasteiger partial charge < -0.3 is 5.32 Å². The van der Waals surface area contributed by atoms with E-state index in [4.69, 9.17) is 4.99 Å². The largest absolute Gasteiger partial charge is 0.367 e. The fraction of sp³-hybridized carbons (Fsp3) is 0.500. The predicted octanol–water partition coefficient (Wildman–Crippen LogP) is 3.64. The number of nitrogens with one attached hydrogen (secondary N) is 1. The Balaban J connectivity index is 2.40. The molecule has 19 heavy (non-hydrogen) atoms. The fourth-order valence-corrected chi connectivity index (χ4v) is 2.29. The minimum atomic E-state index is 0.476. The lowest BCUT2D eigenvalue weighted by molar-refractivity contribution is 0.835. The maximum atomic E-state index is 4.71. The SMILES string of the molecule is CC(C)c1cccc(C(C)C)c1N=CC1=NCCN1. The van der Waals surface area contributed by atoms with Gasteiger partial charge in [0.2, 0.25) is 0 Å². The molecule has 0 atom stereocenters. The topological polar surface area (TPSA) is 36.8 Å². The zero-order chi connectivity index (χ0) is 13.8. The summed E-state index contributed by atoms with van der Waals surface area (Å²) in [5, 5.41) is 3.22. The minimum Gasteiger partial charge on any atom is -0.367 e. The zero-order valence-electron chi connectivity index (χ0n) is 12.3. The minimum absolute atomic E-state index is 0.476. The van der Waals surface area contributed by atoms with Crippen LogP contribution in [0.25, 0.3) is 0 Å². The van der Waals surface area contributed by atoms with Crippen molar-refractivity contribution in [3.63, 3.8) is 0 Å². The van der Waals surface area contributed by atoms with Crippen LogP contribution in [-0.2, 0) is 0 Å². The monoisotopic (exact) mass is 257 g/mol. The lowest BCUT2D eigenvalue weighted by Gasteiger charge is -2.16. The highest BCUT2D eigenvalue weighted by Crippen LogP contribution is 2.34. The van der Waals surface area contributed by atoms with E-state index in [1.807, 2.05) is 6.21 Å². The third kappa shape index (κ3) is 3.22. The Hall–Kier alpha value is -1.64. The van der Waals surface area contributed by atoms with E-state index in [2.05, 4.69) is 56.2 Å². The predicted molar refractivity (Wildman–Crippen MR) is 83.1 cm³/mol. The van der Waals surface area contributed by atoms with E-state index >= 15 is 0 Å². The van der Waals surface area contributed by atoms with Gasteiger partial charge in [0, 0.05) is 6.54 Å². The Morgan fingerprint density at radius 1 is 1.16 bits per heavy atom. The summed E-state index contributed by atoms with van der Waals surface area (Å²) in [5.74, 6) is 1.85. The Labute approximate surface area is 115 Å². The van der Waals surface area contributed by atoms with Crippen molar-refractivity contribution in [3.8, 4) is 0 Å². The molecule has 1 heterocycles. The van der Waals surface area contributed by atoms with Gasteiger partial charge in [-0.25, -0.2) is 0 Å². The molecule has 1 aromatic rings. The summed E-state index contributed by atoms with van der Waals surface area (Å²) in [6.45, 7) is 10.6. The van der Waals surface area contributed by atoms with Gasteiger partial charge in [0.15, 0.2) is 0 Å². The summed E-state index contributed by atoms with van der Waals surface area (Å²) in [6, 6.07) is 6.48. The maximum absolute atomic E-state index is 4.71. The van der Waals surface area contributed by atoms with Crippen LogP contribution < -0.4 is 5.32 Å². The number of rotatable bonds is 4. The van der Waals surface area contributed by atoms with Gasteiger partial charge in [-0.05, 0) is 23.0 Å². The van der Waals surface area contributed by atoms with E-state index < -0.39 is 0 Å². The second-order valence-corrected chi connectivity index (χ2v) is 5.55. The molecule has 0 aromatic heterocycles. The molecule has 0 fully saturated rings. The molecule has 0 amide bonds. The first-order valence-electron chi connectivity index (χ1n) is 7.04. The molecule has 2 rings (SSSR count).